The number of rotatable bonds is 1. The minimum absolute atomic E-state index is 0.0659. The molecule has 0 unspecified atom stereocenters. The molecule has 0 bridgehead atoms. The molecule has 2 atom stereocenters. The molecule has 2 heterocycles. The summed E-state index contributed by atoms with van der Waals surface area (Å²) in [5.41, 5.74) is 0. The molecule has 12 heavy (non-hydrogen) atoms. The molecule has 3 heteroatoms. The monoisotopic (exact) mass is 162 g/mol. The maximum atomic E-state index is 8.80. The van der Waals surface area contributed by atoms with Gasteiger partial charge in [0.1, 0.15) is 5.76 Å². The van der Waals surface area contributed by atoms with Crippen LogP contribution in [0.1, 0.15) is 11.7 Å². The normalized spacial score (nSPS) is 28.6. The Kier molecular flexibility index (Phi) is 1.84. The fraction of sp³-hybridized carbons (Fsp3) is 0.444. The predicted octanol–water partition coefficient (Wildman–Crippen LogP) is 1.11. The molecule has 0 spiro atoms. The van der Waals surface area contributed by atoms with Gasteiger partial charge in [0.25, 0.3) is 0 Å². The lowest BCUT2D eigenvalue weighted by molar-refractivity contribution is 0.451. The molecule has 0 amide bonds. The third kappa shape index (κ3) is 1.10. The van der Waals surface area contributed by atoms with Crippen LogP contribution in [0, 0.1) is 17.2 Å². The fourth-order valence-corrected chi connectivity index (χ4v) is 1.62. The number of nitrogens with one attached hydrogen (secondary N) is 1. The number of nitrogens with zero attached hydrogens (tertiary/aromatic N) is 1. The molecule has 1 aliphatic rings. The maximum absolute atomic E-state index is 8.80. The quantitative estimate of drug-likeness (QED) is 0.672. The molecule has 0 aromatic carbocycles. The molecule has 3 nitrogen and oxygen atoms in total. The smallest absolute Gasteiger partial charge is 0.109 e. The van der Waals surface area contributed by atoms with Crippen molar-refractivity contribution < 1.29 is 4.42 Å². The number of hydrogen-bond donors (Lipinski definition) is 1. The van der Waals surface area contributed by atoms with Gasteiger partial charge in [-0.15, -0.1) is 0 Å². The van der Waals surface area contributed by atoms with E-state index in [1.165, 1.54) is 0 Å². The summed E-state index contributed by atoms with van der Waals surface area (Å²) in [6.45, 7) is 1.63. The van der Waals surface area contributed by atoms with E-state index in [2.05, 4.69) is 11.4 Å². The van der Waals surface area contributed by atoms with Crippen molar-refractivity contribution in [3.05, 3.63) is 24.2 Å². The molecule has 2 rings (SSSR count). The Bertz CT molecular complexity index is 286. The lowest BCUT2D eigenvalue weighted by Crippen LogP contribution is -2.07. The van der Waals surface area contributed by atoms with Crippen molar-refractivity contribution in [2.75, 3.05) is 13.1 Å². The zero-order valence-corrected chi connectivity index (χ0v) is 6.66. The van der Waals surface area contributed by atoms with Gasteiger partial charge in [0.15, 0.2) is 0 Å². The summed E-state index contributed by atoms with van der Waals surface area (Å²) in [7, 11) is 0. The standard InChI is InChI=1S/C9H10N2O/c10-4-7-5-11-6-8(7)9-2-1-3-12-9/h1-3,7-8,11H,5-6H2/t7-,8-/m0/s1. The average molecular weight is 162 g/mol. The van der Waals surface area contributed by atoms with Crippen LogP contribution in [-0.2, 0) is 0 Å². The first kappa shape index (κ1) is 7.38. The summed E-state index contributed by atoms with van der Waals surface area (Å²) in [6, 6.07) is 6.08. The van der Waals surface area contributed by atoms with E-state index in [0.29, 0.717) is 0 Å². The van der Waals surface area contributed by atoms with E-state index in [0.717, 1.165) is 18.8 Å². The van der Waals surface area contributed by atoms with Crippen molar-refractivity contribution in [3.8, 4) is 6.07 Å². The molecule has 1 aromatic rings. The highest BCUT2D eigenvalue weighted by Gasteiger charge is 2.29. The molecule has 0 saturated carbocycles. The van der Waals surface area contributed by atoms with Gasteiger partial charge in [0.05, 0.1) is 18.3 Å². The fourth-order valence-electron chi connectivity index (χ4n) is 1.62. The van der Waals surface area contributed by atoms with Crippen molar-refractivity contribution in [1.29, 1.82) is 5.26 Å². The lowest BCUT2D eigenvalue weighted by atomic mass is 9.95. The van der Waals surface area contributed by atoms with Crippen LogP contribution in [0.3, 0.4) is 0 Å². The van der Waals surface area contributed by atoms with E-state index >= 15 is 0 Å². The lowest BCUT2D eigenvalue weighted by Gasteiger charge is -2.07. The van der Waals surface area contributed by atoms with Gasteiger partial charge in [-0.3, -0.25) is 0 Å². The summed E-state index contributed by atoms with van der Waals surface area (Å²) in [4.78, 5) is 0. The minimum atomic E-state index is 0.0659. The van der Waals surface area contributed by atoms with E-state index in [-0.39, 0.29) is 11.8 Å². The van der Waals surface area contributed by atoms with Crippen molar-refractivity contribution in [2.45, 2.75) is 5.92 Å². The molecule has 62 valence electrons. The Morgan fingerprint density at radius 2 is 2.50 bits per heavy atom. The summed E-state index contributed by atoms with van der Waals surface area (Å²) in [5, 5.41) is 12.0. The second-order valence-corrected chi connectivity index (χ2v) is 3.02. The highest BCUT2D eigenvalue weighted by atomic mass is 16.3. The molecular formula is C9H10N2O. The van der Waals surface area contributed by atoms with E-state index in [1.807, 2.05) is 12.1 Å². The van der Waals surface area contributed by atoms with Gasteiger partial charge >= 0.3 is 0 Å². The predicted molar refractivity (Wildman–Crippen MR) is 43.4 cm³/mol. The Hall–Kier alpha value is -1.27. The van der Waals surface area contributed by atoms with Gasteiger partial charge in [0, 0.05) is 19.0 Å². The Morgan fingerprint density at radius 3 is 3.17 bits per heavy atom. The van der Waals surface area contributed by atoms with Crippen molar-refractivity contribution in [2.24, 2.45) is 5.92 Å². The molecular weight excluding hydrogens is 152 g/mol. The van der Waals surface area contributed by atoms with E-state index in [1.54, 1.807) is 6.26 Å². The average Bonchev–Trinajstić information content (AvgIpc) is 2.74. The summed E-state index contributed by atoms with van der Waals surface area (Å²) in [5.74, 6) is 1.23. The number of hydrogen-bond acceptors (Lipinski definition) is 3. The molecule has 0 aliphatic carbocycles. The van der Waals surface area contributed by atoms with Crippen LogP contribution in [0.5, 0.6) is 0 Å². The van der Waals surface area contributed by atoms with Gasteiger partial charge in [0.2, 0.25) is 0 Å². The van der Waals surface area contributed by atoms with Crippen molar-refractivity contribution in [3.63, 3.8) is 0 Å². The second-order valence-electron chi connectivity index (χ2n) is 3.02. The summed E-state index contributed by atoms with van der Waals surface area (Å²) < 4.78 is 5.26. The van der Waals surface area contributed by atoms with Gasteiger partial charge in [-0.05, 0) is 12.1 Å². The molecule has 1 N–H and O–H groups in total. The Morgan fingerprint density at radius 1 is 1.58 bits per heavy atom. The van der Waals surface area contributed by atoms with Crippen LogP contribution in [0.4, 0.5) is 0 Å². The van der Waals surface area contributed by atoms with Gasteiger partial charge < -0.3 is 9.73 Å². The Labute approximate surface area is 71.0 Å². The van der Waals surface area contributed by atoms with Crippen LogP contribution in [0.2, 0.25) is 0 Å². The van der Waals surface area contributed by atoms with E-state index in [4.69, 9.17) is 9.68 Å². The van der Waals surface area contributed by atoms with Crippen LogP contribution in [0.25, 0.3) is 0 Å². The Balaban J connectivity index is 2.20. The van der Waals surface area contributed by atoms with Crippen LogP contribution in [0.15, 0.2) is 22.8 Å². The SMILES string of the molecule is N#C[C@H]1CNC[C@@H]1c1ccco1. The van der Waals surface area contributed by atoms with Crippen LogP contribution < -0.4 is 5.32 Å². The zero-order chi connectivity index (χ0) is 8.39. The number of nitriles is 1. The minimum Gasteiger partial charge on any atom is -0.469 e. The highest BCUT2D eigenvalue weighted by Crippen LogP contribution is 2.27. The first-order valence-electron chi connectivity index (χ1n) is 4.05. The molecule has 1 aromatic heterocycles. The second kappa shape index (κ2) is 3.00. The van der Waals surface area contributed by atoms with E-state index in [9.17, 15) is 0 Å². The van der Waals surface area contributed by atoms with Crippen LogP contribution in [-0.4, -0.2) is 13.1 Å². The largest absolute Gasteiger partial charge is 0.469 e. The highest BCUT2D eigenvalue weighted by molar-refractivity contribution is 5.14. The zero-order valence-electron chi connectivity index (χ0n) is 6.66. The maximum Gasteiger partial charge on any atom is 0.109 e. The third-order valence-corrected chi connectivity index (χ3v) is 2.29. The molecule has 1 saturated heterocycles. The van der Waals surface area contributed by atoms with Crippen molar-refractivity contribution >= 4 is 0 Å². The van der Waals surface area contributed by atoms with Gasteiger partial charge in [-0.25, -0.2) is 0 Å². The van der Waals surface area contributed by atoms with Crippen molar-refractivity contribution in [1.82, 2.24) is 5.32 Å². The summed E-state index contributed by atoms with van der Waals surface area (Å²) in [6.07, 6.45) is 1.65. The number of furan rings is 1. The molecule has 1 fully saturated rings. The molecule has 1 aliphatic heterocycles. The van der Waals surface area contributed by atoms with E-state index < -0.39 is 0 Å². The van der Waals surface area contributed by atoms with Gasteiger partial charge in [-0.1, -0.05) is 0 Å². The molecule has 0 radical (unpaired) electrons. The van der Waals surface area contributed by atoms with Gasteiger partial charge in [-0.2, -0.15) is 5.26 Å². The third-order valence-electron chi connectivity index (χ3n) is 2.29. The topological polar surface area (TPSA) is 49.0 Å². The summed E-state index contributed by atoms with van der Waals surface area (Å²) >= 11 is 0. The first-order valence-corrected chi connectivity index (χ1v) is 4.05. The van der Waals surface area contributed by atoms with Crippen LogP contribution >= 0.6 is 0 Å². The first-order chi connectivity index (χ1) is 5.92.